The predicted octanol–water partition coefficient (Wildman–Crippen LogP) is 3.23. The highest BCUT2D eigenvalue weighted by atomic mass is 16.3. The van der Waals surface area contributed by atoms with Crippen LogP contribution in [0.2, 0.25) is 0 Å². The number of carbonyl (C=O) groups excluding carboxylic acids is 2. The Morgan fingerprint density at radius 3 is 2.43 bits per heavy atom. The Morgan fingerprint density at radius 1 is 1.29 bits per heavy atom. The fraction of sp³-hybridized carbons (Fsp3) is 0.647. The van der Waals surface area contributed by atoms with Gasteiger partial charge in [0, 0.05) is 25.9 Å². The first-order chi connectivity index (χ1) is 9.86. The van der Waals surface area contributed by atoms with Crippen LogP contribution < -0.4 is 0 Å². The van der Waals surface area contributed by atoms with Crippen LogP contribution in [0.15, 0.2) is 10.5 Å². The molecule has 1 amide bonds. The van der Waals surface area contributed by atoms with Crippen LogP contribution in [0.1, 0.15) is 55.5 Å². The topological polar surface area (TPSA) is 50.5 Å². The van der Waals surface area contributed by atoms with Crippen molar-refractivity contribution in [1.82, 2.24) is 4.90 Å². The molecule has 2 rings (SSSR count). The van der Waals surface area contributed by atoms with Crippen molar-refractivity contribution in [2.75, 3.05) is 13.1 Å². The first-order valence-electron chi connectivity index (χ1n) is 7.74. The molecule has 1 aromatic heterocycles. The van der Waals surface area contributed by atoms with Crippen molar-refractivity contribution in [3.63, 3.8) is 0 Å². The lowest BCUT2D eigenvalue weighted by Crippen LogP contribution is -2.42. The van der Waals surface area contributed by atoms with E-state index in [2.05, 4.69) is 13.8 Å². The molecule has 0 N–H and O–H groups in total. The summed E-state index contributed by atoms with van der Waals surface area (Å²) in [7, 11) is 0. The zero-order valence-electron chi connectivity index (χ0n) is 13.4. The van der Waals surface area contributed by atoms with Gasteiger partial charge in [0.1, 0.15) is 11.5 Å². The molecule has 0 spiro atoms. The van der Waals surface area contributed by atoms with Gasteiger partial charge in [-0.3, -0.25) is 9.59 Å². The number of aryl methyl sites for hydroxylation is 2. The summed E-state index contributed by atoms with van der Waals surface area (Å²) in [5.41, 5.74) is 0.623. The van der Waals surface area contributed by atoms with Gasteiger partial charge in [-0.25, -0.2) is 0 Å². The Balaban J connectivity index is 1.92. The molecule has 116 valence electrons. The summed E-state index contributed by atoms with van der Waals surface area (Å²) in [6.07, 6.45) is 2.21. The lowest BCUT2D eigenvalue weighted by atomic mass is 9.91. The van der Waals surface area contributed by atoms with E-state index in [9.17, 15) is 9.59 Å². The van der Waals surface area contributed by atoms with E-state index in [0.717, 1.165) is 18.8 Å². The Morgan fingerprint density at radius 2 is 1.90 bits per heavy atom. The Labute approximate surface area is 126 Å². The van der Waals surface area contributed by atoms with Crippen LogP contribution in [0.25, 0.3) is 0 Å². The minimum atomic E-state index is 0.00695. The maximum absolute atomic E-state index is 12.3. The molecule has 4 nitrogen and oxygen atoms in total. The van der Waals surface area contributed by atoms with Gasteiger partial charge in [0.15, 0.2) is 5.78 Å². The molecule has 1 aromatic rings. The number of carbonyl (C=O) groups is 2. The average molecular weight is 291 g/mol. The van der Waals surface area contributed by atoms with Crippen LogP contribution in [0.4, 0.5) is 0 Å². The number of Topliss-reactive ketones (excluding diaryl/α,β-unsaturated/α-hetero) is 1. The summed E-state index contributed by atoms with van der Waals surface area (Å²) in [5, 5.41) is 0. The van der Waals surface area contributed by atoms with E-state index in [-0.39, 0.29) is 11.7 Å². The smallest absolute Gasteiger partial charge is 0.223 e. The molecule has 1 saturated heterocycles. The summed E-state index contributed by atoms with van der Waals surface area (Å²) >= 11 is 0. The number of hydrogen-bond donors (Lipinski definition) is 0. The molecular weight excluding hydrogens is 266 g/mol. The Kier molecular flexibility index (Phi) is 4.86. The van der Waals surface area contributed by atoms with Crippen LogP contribution in [0.3, 0.4) is 0 Å². The van der Waals surface area contributed by atoms with E-state index in [1.54, 1.807) is 13.0 Å². The van der Waals surface area contributed by atoms with Gasteiger partial charge in [0.05, 0.1) is 5.56 Å². The monoisotopic (exact) mass is 291 g/mol. The fourth-order valence-electron chi connectivity index (χ4n) is 3.27. The van der Waals surface area contributed by atoms with Crippen LogP contribution in [0, 0.1) is 18.8 Å². The van der Waals surface area contributed by atoms with Gasteiger partial charge in [-0.15, -0.1) is 0 Å². The van der Waals surface area contributed by atoms with Gasteiger partial charge in [-0.1, -0.05) is 13.8 Å². The second kappa shape index (κ2) is 6.46. The molecule has 0 saturated carbocycles. The molecule has 0 radical (unpaired) electrons. The molecule has 2 atom stereocenters. The van der Waals surface area contributed by atoms with Crippen molar-refractivity contribution in [2.45, 2.75) is 47.0 Å². The first kappa shape index (κ1) is 15.8. The van der Waals surface area contributed by atoms with E-state index in [4.69, 9.17) is 4.42 Å². The second-order valence-electron chi connectivity index (χ2n) is 6.48. The first-order valence-corrected chi connectivity index (χ1v) is 7.74. The minimum absolute atomic E-state index is 0.00695. The second-order valence-corrected chi connectivity index (χ2v) is 6.48. The third kappa shape index (κ3) is 3.96. The van der Waals surface area contributed by atoms with Crippen LogP contribution in [-0.4, -0.2) is 29.7 Å². The van der Waals surface area contributed by atoms with Gasteiger partial charge >= 0.3 is 0 Å². The largest absolute Gasteiger partial charge is 0.466 e. The van der Waals surface area contributed by atoms with E-state index in [1.165, 1.54) is 13.3 Å². The summed E-state index contributed by atoms with van der Waals surface area (Å²) in [4.78, 5) is 25.7. The summed E-state index contributed by atoms with van der Waals surface area (Å²) in [6.45, 7) is 9.44. The van der Waals surface area contributed by atoms with Crippen molar-refractivity contribution in [2.24, 2.45) is 11.8 Å². The minimum Gasteiger partial charge on any atom is -0.466 e. The van der Waals surface area contributed by atoms with Crippen LogP contribution in [0.5, 0.6) is 0 Å². The average Bonchev–Trinajstić information content (AvgIpc) is 2.76. The summed E-state index contributed by atoms with van der Waals surface area (Å²) in [6, 6.07) is 1.77. The van der Waals surface area contributed by atoms with E-state index >= 15 is 0 Å². The molecule has 0 aliphatic carbocycles. The lowest BCUT2D eigenvalue weighted by Gasteiger charge is -2.35. The molecule has 0 aromatic carbocycles. The maximum atomic E-state index is 12.3. The molecule has 1 aliphatic heterocycles. The molecule has 21 heavy (non-hydrogen) atoms. The van der Waals surface area contributed by atoms with Gasteiger partial charge in [-0.2, -0.15) is 0 Å². The number of hydrogen-bond acceptors (Lipinski definition) is 3. The molecule has 4 heteroatoms. The van der Waals surface area contributed by atoms with Crippen LogP contribution >= 0.6 is 0 Å². The number of rotatable bonds is 4. The molecule has 2 heterocycles. The van der Waals surface area contributed by atoms with Gasteiger partial charge in [0.25, 0.3) is 0 Å². The zero-order chi connectivity index (χ0) is 15.6. The van der Waals surface area contributed by atoms with Gasteiger partial charge in [-0.05, 0) is 38.2 Å². The van der Waals surface area contributed by atoms with E-state index in [0.29, 0.717) is 36.0 Å². The molecule has 1 fully saturated rings. The quantitative estimate of drug-likeness (QED) is 0.800. The Bertz CT molecular complexity index is 522. The highest BCUT2D eigenvalue weighted by molar-refractivity contribution is 5.95. The molecular formula is C17H25NO3. The standard InChI is InChI=1S/C17H25NO3/c1-11-7-12(2)10-18(9-11)17(20)6-5-15-8-16(13(3)19)14(4)21-15/h8,11-12H,5-7,9-10H2,1-4H3. The number of likely N-dealkylation sites (tertiary alicyclic amines) is 1. The van der Waals surface area contributed by atoms with E-state index in [1.807, 2.05) is 4.90 Å². The lowest BCUT2D eigenvalue weighted by molar-refractivity contribution is -0.133. The van der Waals surface area contributed by atoms with E-state index < -0.39 is 0 Å². The van der Waals surface area contributed by atoms with Crippen molar-refractivity contribution in [1.29, 1.82) is 0 Å². The third-order valence-corrected chi connectivity index (χ3v) is 4.15. The van der Waals surface area contributed by atoms with Gasteiger partial charge < -0.3 is 9.32 Å². The fourth-order valence-corrected chi connectivity index (χ4v) is 3.27. The number of piperidine rings is 1. The van der Waals surface area contributed by atoms with Crippen LogP contribution in [-0.2, 0) is 11.2 Å². The summed E-state index contributed by atoms with van der Waals surface area (Å²) in [5.74, 6) is 2.72. The summed E-state index contributed by atoms with van der Waals surface area (Å²) < 4.78 is 5.56. The number of nitrogens with zero attached hydrogens (tertiary/aromatic N) is 1. The van der Waals surface area contributed by atoms with Crippen molar-refractivity contribution < 1.29 is 14.0 Å². The number of ketones is 1. The highest BCUT2D eigenvalue weighted by Crippen LogP contribution is 2.22. The number of furan rings is 1. The molecule has 1 aliphatic rings. The molecule has 0 bridgehead atoms. The maximum Gasteiger partial charge on any atom is 0.223 e. The van der Waals surface area contributed by atoms with Crippen molar-refractivity contribution in [3.05, 3.63) is 23.2 Å². The normalized spacial score (nSPS) is 22.4. The number of amides is 1. The predicted molar refractivity (Wildman–Crippen MR) is 81.3 cm³/mol. The zero-order valence-corrected chi connectivity index (χ0v) is 13.4. The van der Waals surface area contributed by atoms with Crippen molar-refractivity contribution >= 4 is 11.7 Å². The Hall–Kier alpha value is -1.58. The molecule has 2 unspecified atom stereocenters. The third-order valence-electron chi connectivity index (χ3n) is 4.15. The SMILES string of the molecule is CC(=O)c1cc(CCC(=O)N2CC(C)CC(C)C2)oc1C. The van der Waals surface area contributed by atoms with Crippen molar-refractivity contribution in [3.8, 4) is 0 Å². The highest BCUT2D eigenvalue weighted by Gasteiger charge is 2.25. The van der Waals surface area contributed by atoms with Gasteiger partial charge in [0.2, 0.25) is 5.91 Å².